The maximum Gasteiger partial charge on any atom is 0.304 e. The highest BCUT2D eigenvalue weighted by Crippen LogP contribution is 2.24. The van der Waals surface area contributed by atoms with Crippen molar-refractivity contribution in [2.75, 3.05) is 13.1 Å². The lowest BCUT2D eigenvalue weighted by atomic mass is 10.1. The molecule has 2 aromatic carbocycles. The van der Waals surface area contributed by atoms with Crippen molar-refractivity contribution in [1.82, 2.24) is 5.32 Å². The van der Waals surface area contributed by atoms with E-state index in [1.807, 2.05) is 30.4 Å². The van der Waals surface area contributed by atoms with Crippen LogP contribution >= 0.6 is 11.6 Å². The van der Waals surface area contributed by atoms with Gasteiger partial charge in [-0.2, -0.15) is 0 Å². The van der Waals surface area contributed by atoms with Crippen molar-refractivity contribution in [3.8, 4) is 5.75 Å². The molecule has 0 spiro atoms. The topological polar surface area (TPSA) is 58.6 Å². The highest BCUT2D eigenvalue weighted by molar-refractivity contribution is 6.32. The molecule has 2 rings (SSSR count). The molecule has 0 bridgehead atoms. The summed E-state index contributed by atoms with van der Waals surface area (Å²) in [4.78, 5) is 10.4. The van der Waals surface area contributed by atoms with E-state index in [2.05, 4.69) is 36.5 Å². The number of rotatable bonds is 13. The zero-order valence-corrected chi connectivity index (χ0v) is 17.8. The highest BCUT2D eigenvalue weighted by atomic mass is 35.5. The van der Waals surface area contributed by atoms with Gasteiger partial charge in [-0.1, -0.05) is 67.8 Å². The van der Waals surface area contributed by atoms with E-state index in [1.165, 1.54) is 24.8 Å². The molecule has 0 atom stereocenters. The first-order valence-corrected chi connectivity index (χ1v) is 10.6. The van der Waals surface area contributed by atoms with Gasteiger partial charge in [0.15, 0.2) is 0 Å². The van der Waals surface area contributed by atoms with Crippen LogP contribution in [0.5, 0.6) is 5.75 Å². The van der Waals surface area contributed by atoms with Crippen molar-refractivity contribution < 1.29 is 14.6 Å². The fourth-order valence-corrected chi connectivity index (χ4v) is 3.08. The number of nitrogens with one attached hydrogen (secondary N) is 1. The molecule has 0 aliphatic heterocycles. The van der Waals surface area contributed by atoms with Gasteiger partial charge in [0.25, 0.3) is 0 Å². The van der Waals surface area contributed by atoms with Crippen molar-refractivity contribution >= 4 is 23.6 Å². The van der Waals surface area contributed by atoms with E-state index in [1.54, 1.807) is 0 Å². The molecule has 0 radical (unpaired) electrons. The molecule has 156 valence electrons. The van der Waals surface area contributed by atoms with Crippen LogP contribution in [0.1, 0.15) is 49.3 Å². The molecule has 0 fully saturated rings. The molecule has 29 heavy (non-hydrogen) atoms. The van der Waals surface area contributed by atoms with E-state index in [4.69, 9.17) is 21.4 Å². The largest absolute Gasteiger partial charge is 0.489 e. The van der Waals surface area contributed by atoms with Crippen molar-refractivity contribution in [1.29, 1.82) is 0 Å². The third kappa shape index (κ3) is 9.16. The van der Waals surface area contributed by atoms with Crippen LogP contribution in [0.4, 0.5) is 0 Å². The van der Waals surface area contributed by atoms with Crippen LogP contribution in [-0.2, 0) is 17.8 Å². The Morgan fingerprint density at radius 2 is 1.90 bits per heavy atom. The number of hydrogen-bond acceptors (Lipinski definition) is 3. The van der Waals surface area contributed by atoms with Crippen molar-refractivity contribution in [2.45, 2.75) is 45.6 Å². The fraction of sp³-hybridized carbons (Fsp3) is 0.375. The summed E-state index contributed by atoms with van der Waals surface area (Å²) in [6, 6.07) is 14.2. The third-order valence-corrected chi connectivity index (χ3v) is 4.87. The molecular weight excluding hydrogens is 386 g/mol. The van der Waals surface area contributed by atoms with Gasteiger partial charge in [-0.15, -0.1) is 0 Å². The minimum absolute atomic E-state index is 0.113. The molecule has 0 heterocycles. The lowest BCUT2D eigenvalue weighted by Crippen LogP contribution is -2.17. The van der Waals surface area contributed by atoms with Gasteiger partial charge < -0.3 is 15.2 Å². The number of ether oxygens (including phenoxy) is 1. The van der Waals surface area contributed by atoms with Crippen LogP contribution in [0.15, 0.2) is 48.5 Å². The second-order valence-corrected chi connectivity index (χ2v) is 7.40. The average Bonchev–Trinajstić information content (AvgIpc) is 2.71. The maximum atomic E-state index is 10.4. The zero-order valence-electron chi connectivity index (χ0n) is 17.0. The quantitative estimate of drug-likeness (QED) is 0.410. The molecule has 4 nitrogen and oxygen atoms in total. The maximum absolute atomic E-state index is 10.4. The number of aryl methyl sites for hydroxylation is 1. The number of hydrogen-bond donors (Lipinski definition) is 2. The first-order valence-electron chi connectivity index (χ1n) is 10.2. The average molecular weight is 416 g/mol. The van der Waals surface area contributed by atoms with Gasteiger partial charge in [-0.3, -0.25) is 4.79 Å². The monoisotopic (exact) mass is 415 g/mol. The second-order valence-electron chi connectivity index (χ2n) is 7.00. The molecule has 0 saturated heterocycles. The molecule has 0 unspecified atom stereocenters. The summed E-state index contributed by atoms with van der Waals surface area (Å²) in [6.07, 6.45) is 8.84. The van der Waals surface area contributed by atoms with Crippen LogP contribution < -0.4 is 10.1 Å². The standard InChI is InChI=1S/C24H30ClNO3/c1-2-3-4-6-19-8-10-20(11-9-19)18-29-22-13-12-21(23(25)17-22)7-5-15-26-16-14-24(27)28/h5,7-13,17,26H,2-4,6,14-16,18H2,1H3,(H,27,28)/b7-5+. The van der Waals surface area contributed by atoms with Gasteiger partial charge >= 0.3 is 5.97 Å². The number of unbranched alkanes of at least 4 members (excludes halogenated alkanes) is 2. The summed E-state index contributed by atoms with van der Waals surface area (Å²) in [5, 5.41) is 12.3. The number of carbonyl (C=O) groups is 1. The van der Waals surface area contributed by atoms with Gasteiger partial charge in [-0.25, -0.2) is 0 Å². The second kappa shape index (κ2) is 13.0. The minimum atomic E-state index is -0.803. The third-order valence-electron chi connectivity index (χ3n) is 4.54. The molecule has 0 saturated carbocycles. The summed E-state index contributed by atoms with van der Waals surface area (Å²) in [5.41, 5.74) is 3.41. The van der Waals surface area contributed by atoms with Crippen LogP contribution in [0.2, 0.25) is 5.02 Å². The minimum Gasteiger partial charge on any atom is -0.489 e. The van der Waals surface area contributed by atoms with Crippen LogP contribution in [0.3, 0.4) is 0 Å². The van der Waals surface area contributed by atoms with Gasteiger partial charge in [0, 0.05) is 13.1 Å². The van der Waals surface area contributed by atoms with E-state index < -0.39 is 5.97 Å². The molecule has 0 aliphatic rings. The number of benzene rings is 2. The number of halogens is 1. The summed E-state index contributed by atoms with van der Waals surface area (Å²) in [5.74, 6) is -0.0678. The van der Waals surface area contributed by atoms with Gasteiger partial charge in [0.2, 0.25) is 0 Å². The van der Waals surface area contributed by atoms with E-state index in [-0.39, 0.29) is 6.42 Å². The Balaban J connectivity index is 1.78. The number of carboxylic acid groups (broad SMARTS) is 1. The molecule has 2 N–H and O–H groups in total. The Hall–Kier alpha value is -2.30. The first kappa shape index (κ1) is 23.0. The fourth-order valence-electron chi connectivity index (χ4n) is 2.85. The first-order chi connectivity index (χ1) is 14.1. The van der Waals surface area contributed by atoms with E-state index in [9.17, 15) is 4.79 Å². The molecular formula is C24H30ClNO3. The van der Waals surface area contributed by atoms with E-state index >= 15 is 0 Å². The number of carboxylic acids is 1. The Morgan fingerprint density at radius 1 is 1.14 bits per heavy atom. The Labute approximate surface area is 178 Å². The van der Waals surface area contributed by atoms with Crippen LogP contribution in [-0.4, -0.2) is 24.2 Å². The van der Waals surface area contributed by atoms with Gasteiger partial charge in [0.1, 0.15) is 12.4 Å². The molecule has 0 aromatic heterocycles. The summed E-state index contributed by atoms with van der Waals surface area (Å²) < 4.78 is 5.87. The SMILES string of the molecule is CCCCCc1ccc(COc2ccc(/C=C/CNCCC(=O)O)c(Cl)c2)cc1. The van der Waals surface area contributed by atoms with Crippen molar-refractivity contribution in [2.24, 2.45) is 0 Å². The molecule has 0 aliphatic carbocycles. The van der Waals surface area contributed by atoms with Gasteiger partial charge in [0.05, 0.1) is 11.4 Å². The predicted molar refractivity (Wildman–Crippen MR) is 120 cm³/mol. The lowest BCUT2D eigenvalue weighted by Gasteiger charge is -2.09. The summed E-state index contributed by atoms with van der Waals surface area (Å²) >= 11 is 6.34. The smallest absolute Gasteiger partial charge is 0.304 e. The Morgan fingerprint density at radius 3 is 2.59 bits per heavy atom. The van der Waals surface area contributed by atoms with E-state index in [0.717, 1.165) is 23.3 Å². The van der Waals surface area contributed by atoms with Crippen LogP contribution in [0.25, 0.3) is 6.08 Å². The lowest BCUT2D eigenvalue weighted by molar-refractivity contribution is -0.136. The van der Waals surface area contributed by atoms with Gasteiger partial charge in [-0.05, 0) is 47.7 Å². The normalized spacial score (nSPS) is 11.1. The molecule has 0 amide bonds. The predicted octanol–water partition coefficient (Wildman–Crippen LogP) is 5.73. The Kier molecular flexibility index (Phi) is 10.3. The highest BCUT2D eigenvalue weighted by Gasteiger charge is 2.02. The molecule has 2 aromatic rings. The van der Waals surface area contributed by atoms with Crippen molar-refractivity contribution in [3.63, 3.8) is 0 Å². The summed E-state index contributed by atoms with van der Waals surface area (Å²) in [6.45, 7) is 3.77. The summed E-state index contributed by atoms with van der Waals surface area (Å²) in [7, 11) is 0. The Bertz CT molecular complexity index is 787. The van der Waals surface area contributed by atoms with E-state index in [0.29, 0.717) is 24.7 Å². The molecule has 5 heteroatoms. The van der Waals surface area contributed by atoms with Crippen LogP contribution in [0, 0.1) is 0 Å². The number of aliphatic carboxylic acids is 1. The zero-order chi connectivity index (χ0) is 20.9. The van der Waals surface area contributed by atoms with Crippen molar-refractivity contribution in [3.05, 3.63) is 70.3 Å².